The third-order valence-electron chi connectivity index (χ3n) is 3.04. The van der Waals surface area contributed by atoms with Crippen molar-refractivity contribution in [2.75, 3.05) is 7.11 Å². The number of rotatable bonds is 2. The number of para-hydroxylation sites is 1. The van der Waals surface area contributed by atoms with Crippen molar-refractivity contribution in [1.29, 1.82) is 0 Å². The molecule has 0 spiro atoms. The monoisotopic (exact) mass is 247 g/mol. The number of hydrogen-bond donors (Lipinski definition) is 1. The lowest BCUT2D eigenvalue weighted by Gasteiger charge is -2.13. The molecule has 0 atom stereocenters. The van der Waals surface area contributed by atoms with E-state index in [2.05, 4.69) is 0 Å². The van der Waals surface area contributed by atoms with Crippen LogP contribution in [0.4, 0.5) is 0 Å². The number of aryl methyl sites for hydroxylation is 1. The number of pyridine rings is 1. The van der Waals surface area contributed by atoms with E-state index in [4.69, 9.17) is 4.74 Å². The molecule has 2 aromatic rings. The predicted molar refractivity (Wildman–Crippen MR) is 67.4 cm³/mol. The molecule has 1 aromatic heterocycles. The van der Waals surface area contributed by atoms with Gasteiger partial charge in [-0.3, -0.25) is 4.79 Å². The summed E-state index contributed by atoms with van der Waals surface area (Å²) in [4.78, 5) is 23.3. The van der Waals surface area contributed by atoms with E-state index in [-0.39, 0.29) is 16.7 Å². The zero-order valence-electron chi connectivity index (χ0n) is 10.4. The van der Waals surface area contributed by atoms with Gasteiger partial charge in [0.25, 0.3) is 5.56 Å². The van der Waals surface area contributed by atoms with Crippen molar-refractivity contribution in [3.05, 3.63) is 39.7 Å². The van der Waals surface area contributed by atoms with E-state index >= 15 is 0 Å². The van der Waals surface area contributed by atoms with Gasteiger partial charge in [0, 0.05) is 18.0 Å². The molecule has 1 heterocycles. The van der Waals surface area contributed by atoms with Crippen LogP contribution in [0.1, 0.15) is 15.9 Å². The molecule has 5 nitrogen and oxygen atoms in total. The van der Waals surface area contributed by atoms with E-state index in [1.165, 1.54) is 18.6 Å². The minimum Gasteiger partial charge on any atom is -0.495 e. The van der Waals surface area contributed by atoms with Gasteiger partial charge in [-0.2, -0.15) is 0 Å². The Morgan fingerprint density at radius 3 is 2.61 bits per heavy atom. The number of carboxylic acids is 1. The van der Waals surface area contributed by atoms with Crippen molar-refractivity contribution in [3.63, 3.8) is 0 Å². The first-order chi connectivity index (χ1) is 8.49. The SMILES string of the molecule is COc1cccc2c(C(=O)O)c(C)c(=O)n(C)c12. The van der Waals surface area contributed by atoms with Crippen LogP contribution >= 0.6 is 0 Å². The van der Waals surface area contributed by atoms with Crippen LogP contribution in [0.2, 0.25) is 0 Å². The second-order valence-corrected chi connectivity index (χ2v) is 4.03. The smallest absolute Gasteiger partial charge is 0.336 e. The zero-order chi connectivity index (χ0) is 13.4. The molecule has 0 bridgehead atoms. The molecule has 0 aliphatic heterocycles. The first kappa shape index (κ1) is 12.2. The molecule has 1 aromatic carbocycles. The summed E-state index contributed by atoms with van der Waals surface area (Å²) in [5, 5.41) is 9.75. The van der Waals surface area contributed by atoms with Gasteiger partial charge in [-0.1, -0.05) is 12.1 Å². The maximum Gasteiger partial charge on any atom is 0.336 e. The molecule has 2 rings (SSSR count). The van der Waals surface area contributed by atoms with Crippen LogP contribution in [-0.4, -0.2) is 22.8 Å². The summed E-state index contributed by atoms with van der Waals surface area (Å²) in [7, 11) is 3.09. The lowest BCUT2D eigenvalue weighted by atomic mass is 10.0. The summed E-state index contributed by atoms with van der Waals surface area (Å²) in [5.74, 6) is -0.627. The van der Waals surface area contributed by atoms with Gasteiger partial charge in [-0.25, -0.2) is 4.79 Å². The Hall–Kier alpha value is -2.30. The van der Waals surface area contributed by atoms with Crippen LogP contribution in [0.3, 0.4) is 0 Å². The first-order valence-electron chi connectivity index (χ1n) is 5.38. The van der Waals surface area contributed by atoms with Crippen LogP contribution < -0.4 is 10.3 Å². The third-order valence-corrected chi connectivity index (χ3v) is 3.04. The van der Waals surface area contributed by atoms with E-state index in [0.717, 1.165) is 0 Å². The average Bonchev–Trinajstić information content (AvgIpc) is 2.35. The third kappa shape index (κ3) is 1.55. The Labute approximate surface area is 103 Å². The van der Waals surface area contributed by atoms with Gasteiger partial charge in [-0.15, -0.1) is 0 Å². The van der Waals surface area contributed by atoms with Crippen LogP contribution in [0.25, 0.3) is 10.9 Å². The molecule has 0 aliphatic rings. The van der Waals surface area contributed by atoms with E-state index < -0.39 is 5.97 Å². The van der Waals surface area contributed by atoms with Crippen molar-refractivity contribution in [2.24, 2.45) is 7.05 Å². The number of benzene rings is 1. The van der Waals surface area contributed by atoms with Crippen LogP contribution in [-0.2, 0) is 7.05 Å². The molecule has 0 saturated heterocycles. The Bertz CT molecular complexity index is 700. The standard InChI is InChI=1S/C13H13NO4/c1-7-10(13(16)17)8-5-4-6-9(18-3)11(8)14(2)12(7)15/h4-6H,1-3H3,(H,16,17). The van der Waals surface area contributed by atoms with Crippen molar-refractivity contribution >= 4 is 16.9 Å². The number of carboxylic acid groups (broad SMARTS) is 1. The number of hydrogen-bond acceptors (Lipinski definition) is 3. The minimum atomic E-state index is -1.11. The van der Waals surface area contributed by atoms with Gasteiger partial charge < -0.3 is 14.4 Å². The first-order valence-corrected chi connectivity index (χ1v) is 5.38. The second-order valence-electron chi connectivity index (χ2n) is 4.03. The van der Waals surface area contributed by atoms with Crippen molar-refractivity contribution in [1.82, 2.24) is 4.57 Å². The highest BCUT2D eigenvalue weighted by Crippen LogP contribution is 2.27. The van der Waals surface area contributed by atoms with E-state index in [0.29, 0.717) is 16.7 Å². The van der Waals surface area contributed by atoms with E-state index in [9.17, 15) is 14.7 Å². The van der Waals surface area contributed by atoms with Gasteiger partial charge in [0.1, 0.15) is 5.75 Å². The highest BCUT2D eigenvalue weighted by atomic mass is 16.5. The highest BCUT2D eigenvalue weighted by molar-refractivity contribution is 6.05. The summed E-state index contributed by atoms with van der Waals surface area (Å²) in [5.41, 5.74) is 0.426. The molecule has 1 N–H and O–H groups in total. The molecule has 18 heavy (non-hydrogen) atoms. The fourth-order valence-electron chi connectivity index (χ4n) is 2.17. The van der Waals surface area contributed by atoms with Gasteiger partial charge >= 0.3 is 5.97 Å². The molecule has 94 valence electrons. The number of fused-ring (bicyclic) bond motifs is 1. The highest BCUT2D eigenvalue weighted by Gasteiger charge is 2.19. The Morgan fingerprint density at radius 2 is 2.06 bits per heavy atom. The Kier molecular flexibility index (Phi) is 2.82. The fraction of sp³-hybridized carbons (Fsp3) is 0.231. The van der Waals surface area contributed by atoms with Crippen molar-refractivity contribution < 1.29 is 14.6 Å². The molecule has 0 radical (unpaired) electrons. The largest absolute Gasteiger partial charge is 0.495 e. The van der Waals surface area contributed by atoms with Crippen molar-refractivity contribution in [2.45, 2.75) is 6.92 Å². The predicted octanol–water partition coefficient (Wildman–Crippen LogP) is 1.55. The summed E-state index contributed by atoms with van der Waals surface area (Å²) < 4.78 is 6.60. The van der Waals surface area contributed by atoms with Gasteiger partial charge in [-0.05, 0) is 13.0 Å². The number of aromatic nitrogens is 1. The molecule has 0 saturated carbocycles. The summed E-state index contributed by atoms with van der Waals surface area (Å²) in [6.45, 7) is 1.52. The summed E-state index contributed by atoms with van der Waals surface area (Å²) in [6.07, 6.45) is 0. The van der Waals surface area contributed by atoms with Crippen LogP contribution in [0, 0.1) is 6.92 Å². The number of ether oxygens (including phenoxy) is 1. The Morgan fingerprint density at radius 1 is 1.39 bits per heavy atom. The zero-order valence-corrected chi connectivity index (χ0v) is 10.4. The van der Waals surface area contributed by atoms with Crippen LogP contribution in [0.15, 0.2) is 23.0 Å². The molecular weight excluding hydrogens is 234 g/mol. The van der Waals surface area contributed by atoms with E-state index in [1.807, 2.05) is 0 Å². The number of nitrogens with zero attached hydrogens (tertiary/aromatic N) is 1. The fourth-order valence-corrected chi connectivity index (χ4v) is 2.17. The summed E-state index contributed by atoms with van der Waals surface area (Å²) in [6, 6.07) is 5.08. The summed E-state index contributed by atoms with van der Waals surface area (Å²) >= 11 is 0. The number of methoxy groups -OCH3 is 1. The molecule has 0 fully saturated rings. The maximum atomic E-state index is 12.0. The Balaban J connectivity index is 3.12. The number of aromatic carboxylic acids is 1. The molecule has 0 amide bonds. The maximum absolute atomic E-state index is 12.0. The van der Waals surface area contributed by atoms with Gasteiger partial charge in [0.05, 0.1) is 18.2 Å². The molecule has 5 heteroatoms. The average molecular weight is 247 g/mol. The van der Waals surface area contributed by atoms with Gasteiger partial charge in [0.15, 0.2) is 0 Å². The lowest BCUT2D eigenvalue weighted by Crippen LogP contribution is -2.23. The van der Waals surface area contributed by atoms with Crippen molar-refractivity contribution in [3.8, 4) is 5.75 Å². The molecule has 0 unspecified atom stereocenters. The molecular formula is C13H13NO4. The van der Waals surface area contributed by atoms with Gasteiger partial charge in [0.2, 0.25) is 0 Å². The van der Waals surface area contributed by atoms with E-state index in [1.54, 1.807) is 25.2 Å². The molecule has 0 aliphatic carbocycles. The normalized spacial score (nSPS) is 10.6. The van der Waals surface area contributed by atoms with Crippen LogP contribution in [0.5, 0.6) is 5.75 Å². The number of carbonyl (C=O) groups is 1. The topological polar surface area (TPSA) is 68.5 Å². The lowest BCUT2D eigenvalue weighted by molar-refractivity contribution is 0.0698. The quantitative estimate of drug-likeness (QED) is 0.874. The minimum absolute atomic E-state index is 0.0343. The second kappa shape index (κ2) is 4.18.